The predicted octanol–water partition coefficient (Wildman–Crippen LogP) is 0.353. The molecule has 14 heavy (non-hydrogen) atoms. The van der Waals surface area contributed by atoms with Crippen molar-refractivity contribution in [1.29, 1.82) is 0 Å². The zero-order valence-electron chi connectivity index (χ0n) is 8.45. The monoisotopic (exact) mass is 193 g/mol. The Morgan fingerprint density at radius 1 is 1.71 bits per heavy atom. The molecule has 0 saturated carbocycles. The van der Waals surface area contributed by atoms with Gasteiger partial charge in [0.25, 0.3) is 0 Å². The summed E-state index contributed by atoms with van der Waals surface area (Å²) >= 11 is 0. The number of carbonyl (C=O) groups excluding carboxylic acids is 1. The van der Waals surface area contributed by atoms with Crippen LogP contribution in [0.15, 0.2) is 18.5 Å². The maximum absolute atomic E-state index is 11.2. The number of hydrogen-bond donors (Lipinski definition) is 2. The second kappa shape index (κ2) is 4.72. The number of carbonyl (C=O) groups is 1. The fourth-order valence-corrected chi connectivity index (χ4v) is 1.03. The molecule has 0 aliphatic heterocycles. The molecule has 0 bridgehead atoms. The number of pyridine rings is 1. The molecule has 4 nitrogen and oxygen atoms in total. The average molecular weight is 193 g/mol. The molecule has 1 aromatic heterocycles. The summed E-state index contributed by atoms with van der Waals surface area (Å²) in [6.07, 6.45) is 3.48. The molecule has 1 atom stereocenters. The van der Waals surface area contributed by atoms with Gasteiger partial charge in [-0.1, -0.05) is 0 Å². The van der Waals surface area contributed by atoms with Crippen molar-refractivity contribution < 1.29 is 4.79 Å². The summed E-state index contributed by atoms with van der Waals surface area (Å²) in [4.78, 5) is 15.2. The fourth-order valence-electron chi connectivity index (χ4n) is 1.03. The number of aromatic nitrogens is 1. The molecule has 0 aromatic carbocycles. The lowest BCUT2D eigenvalue weighted by Gasteiger charge is -2.08. The van der Waals surface area contributed by atoms with E-state index in [4.69, 9.17) is 5.73 Å². The molecule has 0 radical (unpaired) electrons. The minimum atomic E-state index is -0.466. The van der Waals surface area contributed by atoms with Gasteiger partial charge in [0.1, 0.15) is 0 Å². The van der Waals surface area contributed by atoms with Crippen LogP contribution in [0.5, 0.6) is 0 Å². The van der Waals surface area contributed by atoms with Gasteiger partial charge in [-0.25, -0.2) is 0 Å². The van der Waals surface area contributed by atoms with Crippen LogP contribution < -0.4 is 11.1 Å². The lowest BCUT2D eigenvalue weighted by molar-refractivity contribution is -0.122. The Kier molecular flexibility index (Phi) is 3.59. The van der Waals surface area contributed by atoms with Gasteiger partial charge in [0, 0.05) is 18.9 Å². The molecule has 1 amide bonds. The van der Waals surface area contributed by atoms with Crippen LogP contribution in [-0.2, 0) is 11.3 Å². The lowest BCUT2D eigenvalue weighted by atomic mass is 10.1. The minimum absolute atomic E-state index is 0.145. The van der Waals surface area contributed by atoms with E-state index in [1.54, 1.807) is 19.3 Å². The van der Waals surface area contributed by atoms with Crippen molar-refractivity contribution in [3.63, 3.8) is 0 Å². The first-order valence-electron chi connectivity index (χ1n) is 4.54. The Morgan fingerprint density at radius 3 is 3.00 bits per heavy atom. The first-order chi connectivity index (χ1) is 6.61. The minimum Gasteiger partial charge on any atom is -0.351 e. The van der Waals surface area contributed by atoms with E-state index in [-0.39, 0.29) is 5.91 Å². The van der Waals surface area contributed by atoms with E-state index in [0.717, 1.165) is 11.1 Å². The van der Waals surface area contributed by atoms with Crippen LogP contribution in [0.1, 0.15) is 18.1 Å². The maximum atomic E-state index is 11.2. The number of hydrogen-bond acceptors (Lipinski definition) is 3. The summed E-state index contributed by atoms with van der Waals surface area (Å²) in [6, 6.07) is 1.44. The van der Waals surface area contributed by atoms with Gasteiger partial charge in [-0.2, -0.15) is 0 Å². The smallest absolute Gasteiger partial charge is 0.236 e. The summed E-state index contributed by atoms with van der Waals surface area (Å²) in [5, 5.41) is 2.74. The van der Waals surface area contributed by atoms with Crippen LogP contribution >= 0.6 is 0 Å². The zero-order valence-corrected chi connectivity index (χ0v) is 8.45. The predicted molar refractivity (Wildman–Crippen MR) is 54.5 cm³/mol. The zero-order chi connectivity index (χ0) is 10.6. The highest BCUT2D eigenvalue weighted by atomic mass is 16.2. The molecule has 76 valence electrons. The van der Waals surface area contributed by atoms with Crippen molar-refractivity contribution in [3.05, 3.63) is 29.6 Å². The van der Waals surface area contributed by atoms with Gasteiger partial charge in [-0.05, 0) is 31.0 Å². The number of aryl methyl sites for hydroxylation is 1. The van der Waals surface area contributed by atoms with Crippen molar-refractivity contribution in [2.24, 2.45) is 5.73 Å². The Morgan fingerprint density at radius 2 is 2.43 bits per heavy atom. The van der Waals surface area contributed by atoms with Crippen molar-refractivity contribution in [2.75, 3.05) is 0 Å². The van der Waals surface area contributed by atoms with Gasteiger partial charge in [0.2, 0.25) is 5.91 Å². The van der Waals surface area contributed by atoms with Crippen LogP contribution in [0.3, 0.4) is 0 Å². The molecule has 0 aliphatic rings. The number of amides is 1. The molecule has 0 aliphatic carbocycles. The summed E-state index contributed by atoms with van der Waals surface area (Å²) in [6.45, 7) is 4.13. The normalized spacial score (nSPS) is 12.2. The highest BCUT2D eigenvalue weighted by molar-refractivity contribution is 5.80. The topological polar surface area (TPSA) is 68.0 Å². The number of nitrogens with zero attached hydrogens (tertiary/aromatic N) is 1. The fraction of sp³-hybridized carbons (Fsp3) is 0.400. The molecular formula is C10H15N3O. The van der Waals surface area contributed by atoms with Gasteiger partial charge in [-0.3, -0.25) is 9.78 Å². The Labute approximate surface area is 83.5 Å². The average Bonchev–Trinajstić information content (AvgIpc) is 2.16. The van der Waals surface area contributed by atoms with E-state index in [1.165, 1.54) is 0 Å². The van der Waals surface area contributed by atoms with Crippen molar-refractivity contribution in [1.82, 2.24) is 10.3 Å². The van der Waals surface area contributed by atoms with E-state index in [1.807, 2.05) is 13.0 Å². The van der Waals surface area contributed by atoms with Crippen LogP contribution in [0.4, 0.5) is 0 Å². The number of rotatable bonds is 3. The second-order valence-corrected chi connectivity index (χ2v) is 3.31. The Hall–Kier alpha value is -1.42. The molecule has 3 N–H and O–H groups in total. The van der Waals surface area contributed by atoms with Gasteiger partial charge in [0.05, 0.1) is 6.04 Å². The molecule has 1 heterocycles. The highest BCUT2D eigenvalue weighted by Gasteiger charge is 2.06. The third-order valence-corrected chi connectivity index (χ3v) is 2.01. The number of nitrogens with two attached hydrogens (primary N) is 1. The number of nitrogens with one attached hydrogen (secondary N) is 1. The third kappa shape index (κ3) is 2.81. The molecule has 4 heteroatoms. The maximum Gasteiger partial charge on any atom is 0.236 e. The summed E-state index contributed by atoms with van der Waals surface area (Å²) in [5.74, 6) is -0.145. The van der Waals surface area contributed by atoms with E-state index >= 15 is 0 Å². The molecule has 1 aromatic rings. The second-order valence-electron chi connectivity index (χ2n) is 3.31. The SMILES string of the molecule is Cc1ccncc1CNC(=O)[C@@H](C)N. The molecule has 0 unspecified atom stereocenters. The van der Waals surface area contributed by atoms with Crippen molar-refractivity contribution in [2.45, 2.75) is 26.4 Å². The third-order valence-electron chi connectivity index (χ3n) is 2.01. The van der Waals surface area contributed by atoms with Crippen LogP contribution in [0.2, 0.25) is 0 Å². The highest BCUT2D eigenvalue weighted by Crippen LogP contribution is 2.03. The van der Waals surface area contributed by atoms with Crippen LogP contribution in [0.25, 0.3) is 0 Å². The van der Waals surface area contributed by atoms with E-state index in [0.29, 0.717) is 6.54 Å². The summed E-state index contributed by atoms with van der Waals surface area (Å²) in [5.41, 5.74) is 7.54. The van der Waals surface area contributed by atoms with Crippen LogP contribution in [-0.4, -0.2) is 16.9 Å². The largest absolute Gasteiger partial charge is 0.351 e. The summed E-state index contributed by atoms with van der Waals surface area (Å²) < 4.78 is 0. The Balaban J connectivity index is 2.54. The van der Waals surface area contributed by atoms with E-state index < -0.39 is 6.04 Å². The molecule has 0 saturated heterocycles. The van der Waals surface area contributed by atoms with Gasteiger partial charge >= 0.3 is 0 Å². The Bertz CT molecular complexity index is 323. The van der Waals surface area contributed by atoms with Gasteiger partial charge in [-0.15, -0.1) is 0 Å². The van der Waals surface area contributed by atoms with E-state index in [9.17, 15) is 4.79 Å². The van der Waals surface area contributed by atoms with Gasteiger partial charge in [0.15, 0.2) is 0 Å². The van der Waals surface area contributed by atoms with Crippen molar-refractivity contribution in [3.8, 4) is 0 Å². The molecule has 1 rings (SSSR count). The lowest BCUT2D eigenvalue weighted by Crippen LogP contribution is -2.37. The van der Waals surface area contributed by atoms with Gasteiger partial charge < -0.3 is 11.1 Å². The van der Waals surface area contributed by atoms with Crippen LogP contribution in [0, 0.1) is 6.92 Å². The summed E-state index contributed by atoms with van der Waals surface area (Å²) in [7, 11) is 0. The molecular weight excluding hydrogens is 178 g/mol. The molecule has 0 spiro atoms. The van der Waals surface area contributed by atoms with Crippen molar-refractivity contribution >= 4 is 5.91 Å². The molecule has 0 fully saturated rings. The first-order valence-corrected chi connectivity index (χ1v) is 4.54. The first kappa shape index (κ1) is 10.7. The van der Waals surface area contributed by atoms with E-state index in [2.05, 4.69) is 10.3 Å². The quantitative estimate of drug-likeness (QED) is 0.728. The standard InChI is InChI=1S/C10H15N3O/c1-7-3-4-12-5-9(7)6-13-10(14)8(2)11/h3-5,8H,6,11H2,1-2H3,(H,13,14)/t8-/m1/s1.